The lowest BCUT2D eigenvalue weighted by Gasteiger charge is -2.21. The molecule has 1 heterocycles. The number of carbonyl (C=O) groups excluding carboxylic acids is 1. The molecule has 0 saturated heterocycles. The lowest BCUT2D eigenvalue weighted by molar-refractivity contribution is -0.862. The van der Waals surface area contributed by atoms with E-state index < -0.39 is 0 Å². The number of nitrogens with one attached hydrogen (secondary N) is 1. The highest BCUT2D eigenvalue weighted by molar-refractivity contribution is 7.11. The second-order valence-corrected chi connectivity index (χ2v) is 5.24. The van der Waals surface area contributed by atoms with E-state index in [2.05, 4.69) is 10.5 Å². The first-order valence-electron chi connectivity index (χ1n) is 4.63. The number of carbonyl (C=O) groups is 1. The Morgan fingerprint density at radius 3 is 2.87 bits per heavy atom. The van der Waals surface area contributed by atoms with Gasteiger partial charge in [-0.05, 0) is 11.4 Å². The van der Waals surface area contributed by atoms with Crippen molar-refractivity contribution in [3.8, 4) is 0 Å². The monoisotopic (exact) mass is 226 g/mol. The van der Waals surface area contributed by atoms with Crippen LogP contribution < -0.4 is 5.43 Å². The molecule has 0 radical (unpaired) electrons. The number of thiophene rings is 1. The van der Waals surface area contributed by atoms with Gasteiger partial charge in [0, 0.05) is 4.88 Å². The van der Waals surface area contributed by atoms with E-state index in [9.17, 15) is 4.79 Å². The van der Waals surface area contributed by atoms with Gasteiger partial charge in [-0.1, -0.05) is 6.07 Å². The molecule has 1 amide bonds. The molecule has 4 nitrogen and oxygen atoms in total. The van der Waals surface area contributed by atoms with Crippen LogP contribution in [-0.4, -0.2) is 44.3 Å². The first-order valence-corrected chi connectivity index (χ1v) is 5.51. The van der Waals surface area contributed by atoms with E-state index >= 15 is 0 Å². The predicted molar refractivity (Wildman–Crippen MR) is 63.0 cm³/mol. The van der Waals surface area contributed by atoms with Crippen LogP contribution in [-0.2, 0) is 4.79 Å². The first kappa shape index (κ1) is 11.9. The molecule has 1 rings (SSSR count). The van der Waals surface area contributed by atoms with Crippen LogP contribution in [0.5, 0.6) is 0 Å². The van der Waals surface area contributed by atoms with Crippen molar-refractivity contribution < 1.29 is 9.28 Å². The summed E-state index contributed by atoms with van der Waals surface area (Å²) in [5.41, 5.74) is 2.50. The average Bonchev–Trinajstić information content (AvgIpc) is 2.53. The molecule has 0 spiro atoms. The summed E-state index contributed by atoms with van der Waals surface area (Å²) in [4.78, 5) is 12.4. The third-order valence-corrected chi connectivity index (χ3v) is 2.35. The smallest absolute Gasteiger partial charge is 0.295 e. The Balaban J connectivity index is 2.35. The van der Waals surface area contributed by atoms with Crippen LogP contribution in [0.2, 0.25) is 0 Å². The van der Waals surface area contributed by atoms with Crippen molar-refractivity contribution in [3.05, 3.63) is 22.4 Å². The maximum absolute atomic E-state index is 11.4. The average molecular weight is 226 g/mol. The van der Waals surface area contributed by atoms with E-state index in [0.717, 1.165) is 4.88 Å². The number of quaternary nitrogens is 1. The van der Waals surface area contributed by atoms with Crippen LogP contribution in [0.25, 0.3) is 0 Å². The van der Waals surface area contributed by atoms with E-state index in [1.54, 1.807) is 17.6 Å². The third-order valence-electron chi connectivity index (χ3n) is 1.54. The highest BCUT2D eigenvalue weighted by Crippen LogP contribution is 2.03. The Morgan fingerprint density at radius 1 is 1.60 bits per heavy atom. The van der Waals surface area contributed by atoms with Crippen LogP contribution in [0, 0.1) is 0 Å². The van der Waals surface area contributed by atoms with Crippen LogP contribution >= 0.6 is 11.3 Å². The van der Waals surface area contributed by atoms with Crippen molar-refractivity contribution in [1.82, 2.24) is 5.43 Å². The molecule has 1 N–H and O–H groups in total. The van der Waals surface area contributed by atoms with Gasteiger partial charge in [0.05, 0.1) is 27.4 Å². The standard InChI is InChI=1S/C10H15N3OS/c1-13(2,3)8-10(14)12-11-7-9-5-4-6-15-9/h4-7H,8H2,1-3H3/p+1. The normalized spacial score (nSPS) is 11.9. The van der Waals surface area contributed by atoms with Gasteiger partial charge in [-0.3, -0.25) is 4.79 Å². The summed E-state index contributed by atoms with van der Waals surface area (Å²) in [5, 5.41) is 5.84. The minimum absolute atomic E-state index is 0.0738. The number of hydrazone groups is 1. The van der Waals surface area contributed by atoms with E-state index in [1.165, 1.54) is 0 Å². The topological polar surface area (TPSA) is 41.5 Å². The summed E-state index contributed by atoms with van der Waals surface area (Å²) in [6.45, 7) is 0.418. The molecule has 0 aliphatic rings. The number of nitrogens with zero attached hydrogens (tertiary/aromatic N) is 2. The zero-order chi connectivity index (χ0) is 11.3. The summed E-state index contributed by atoms with van der Waals surface area (Å²) in [6.07, 6.45) is 1.65. The molecule has 15 heavy (non-hydrogen) atoms. The highest BCUT2D eigenvalue weighted by Gasteiger charge is 2.12. The van der Waals surface area contributed by atoms with E-state index in [1.807, 2.05) is 38.7 Å². The van der Waals surface area contributed by atoms with Crippen LogP contribution in [0.1, 0.15) is 4.88 Å². The lowest BCUT2D eigenvalue weighted by atomic mass is 10.5. The Labute approximate surface area is 93.8 Å². The number of hydrogen-bond donors (Lipinski definition) is 1. The van der Waals surface area contributed by atoms with E-state index in [0.29, 0.717) is 11.0 Å². The van der Waals surface area contributed by atoms with Crippen LogP contribution in [0.15, 0.2) is 22.6 Å². The second-order valence-electron chi connectivity index (χ2n) is 4.26. The molecular weight excluding hydrogens is 210 g/mol. The number of amides is 1. The molecule has 0 unspecified atom stereocenters. The second kappa shape index (κ2) is 5.04. The maximum Gasteiger partial charge on any atom is 0.295 e. The fourth-order valence-corrected chi connectivity index (χ4v) is 1.58. The molecule has 0 fully saturated rings. The minimum Gasteiger partial charge on any atom is -0.323 e. The lowest BCUT2D eigenvalue weighted by Crippen LogP contribution is -2.43. The SMILES string of the molecule is C[N+](C)(C)CC(=O)NN=Cc1cccs1. The Bertz CT molecular complexity index is 338. The Morgan fingerprint density at radius 2 is 2.33 bits per heavy atom. The molecule has 0 saturated carbocycles. The molecular formula is C10H16N3OS+. The Hall–Kier alpha value is -1.20. The molecule has 0 aromatic carbocycles. The van der Waals surface area contributed by atoms with Crippen LogP contribution in [0.3, 0.4) is 0 Å². The van der Waals surface area contributed by atoms with Crippen molar-refractivity contribution in [2.45, 2.75) is 0 Å². The fraction of sp³-hybridized carbons (Fsp3) is 0.400. The summed E-state index contributed by atoms with van der Waals surface area (Å²) in [5.74, 6) is -0.0738. The van der Waals surface area contributed by atoms with Crippen molar-refractivity contribution in [3.63, 3.8) is 0 Å². The number of likely N-dealkylation sites (N-methyl/N-ethyl adjacent to an activating group) is 1. The fourth-order valence-electron chi connectivity index (χ4n) is 0.999. The summed E-state index contributed by atoms with van der Waals surface area (Å²) < 4.78 is 0.598. The van der Waals surface area contributed by atoms with Crippen molar-refractivity contribution >= 4 is 23.5 Å². The van der Waals surface area contributed by atoms with Crippen LogP contribution in [0.4, 0.5) is 0 Å². The van der Waals surface area contributed by atoms with Crippen molar-refractivity contribution in [2.75, 3.05) is 27.7 Å². The van der Waals surface area contributed by atoms with Gasteiger partial charge in [0.15, 0.2) is 6.54 Å². The maximum atomic E-state index is 11.4. The molecule has 0 atom stereocenters. The van der Waals surface area contributed by atoms with Gasteiger partial charge < -0.3 is 4.48 Å². The molecule has 0 aliphatic heterocycles. The summed E-state index contributed by atoms with van der Waals surface area (Å²) in [7, 11) is 5.88. The van der Waals surface area contributed by atoms with E-state index in [4.69, 9.17) is 0 Å². The number of hydrogen-bond acceptors (Lipinski definition) is 3. The molecule has 0 bridgehead atoms. The van der Waals surface area contributed by atoms with Gasteiger partial charge >= 0.3 is 0 Å². The minimum atomic E-state index is -0.0738. The summed E-state index contributed by atoms with van der Waals surface area (Å²) >= 11 is 1.58. The van der Waals surface area contributed by atoms with Gasteiger partial charge in [0.25, 0.3) is 5.91 Å². The molecule has 1 aromatic rings. The van der Waals surface area contributed by atoms with Gasteiger partial charge in [0.2, 0.25) is 0 Å². The molecule has 1 aromatic heterocycles. The van der Waals surface area contributed by atoms with Gasteiger partial charge in [-0.2, -0.15) is 5.10 Å². The van der Waals surface area contributed by atoms with Gasteiger partial charge in [0.1, 0.15) is 0 Å². The van der Waals surface area contributed by atoms with E-state index in [-0.39, 0.29) is 5.91 Å². The summed E-state index contributed by atoms with van der Waals surface area (Å²) in [6, 6.07) is 3.89. The zero-order valence-corrected chi connectivity index (χ0v) is 10.0. The molecule has 0 aliphatic carbocycles. The van der Waals surface area contributed by atoms with Crippen molar-refractivity contribution in [1.29, 1.82) is 0 Å². The largest absolute Gasteiger partial charge is 0.323 e. The predicted octanol–water partition coefficient (Wildman–Crippen LogP) is 0.904. The molecule has 82 valence electrons. The zero-order valence-electron chi connectivity index (χ0n) is 9.23. The molecule has 5 heteroatoms. The van der Waals surface area contributed by atoms with Crippen molar-refractivity contribution in [2.24, 2.45) is 5.10 Å². The number of rotatable bonds is 4. The van der Waals surface area contributed by atoms with Gasteiger partial charge in [-0.25, -0.2) is 5.43 Å². The third kappa shape index (κ3) is 5.29. The first-order chi connectivity index (χ1) is 6.97. The quantitative estimate of drug-likeness (QED) is 0.463. The van der Waals surface area contributed by atoms with Gasteiger partial charge in [-0.15, -0.1) is 11.3 Å². The highest BCUT2D eigenvalue weighted by atomic mass is 32.1. The Kier molecular flexibility index (Phi) is 3.99.